The first-order valence-corrected chi connectivity index (χ1v) is 8.71. The molecule has 0 unspecified atom stereocenters. The van der Waals surface area contributed by atoms with Crippen LogP contribution in [0.15, 0.2) is 47.5 Å². The predicted molar refractivity (Wildman–Crippen MR) is 101 cm³/mol. The highest BCUT2D eigenvalue weighted by Gasteiger charge is 2.21. The van der Waals surface area contributed by atoms with Gasteiger partial charge in [-0.2, -0.15) is 14.9 Å². The Morgan fingerprint density at radius 3 is 2.55 bits per heavy atom. The monoisotopic (exact) mass is 403 g/mol. The number of halogens is 2. The van der Waals surface area contributed by atoms with Crippen LogP contribution in [0.4, 0.5) is 8.78 Å². The van der Waals surface area contributed by atoms with E-state index in [2.05, 4.69) is 15.5 Å². The number of nitrogens with zero attached hydrogens (tertiary/aromatic N) is 4. The smallest absolute Gasteiger partial charge is 0.284 e. The Morgan fingerprint density at radius 1 is 1.28 bits per heavy atom. The summed E-state index contributed by atoms with van der Waals surface area (Å²) >= 11 is 0. The maximum absolute atomic E-state index is 12.8. The minimum atomic E-state index is -3.01. The van der Waals surface area contributed by atoms with Crippen LogP contribution >= 0.6 is 0 Å². The lowest BCUT2D eigenvalue weighted by Gasteiger charge is -2.12. The van der Waals surface area contributed by atoms with E-state index in [9.17, 15) is 23.5 Å². The summed E-state index contributed by atoms with van der Waals surface area (Å²) in [6.45, 7) is 1.23. The standard InChI is InChI=1S/C19H19F2N5O3/c1-11-3-5-12(6-4-11)15-7-14(18(28)22-9-16(27)17(20)21)19(29)26(24-15)13-8-23-25(2)10-13/h3-8,10,16-17,27H,9H2,1-2H3,(H,22,28)/t16-/m0/s1. The van der Waals surface area contributed by atoms with E-state index in [0.717, 1.165) is 10.2 Å². The molecule has 3 aromatic rings. The number of aliphatic hydroxyl groups excluding tert-OH is 1. The van der Waals surface area contributed by atoms with Crippen LogP contribution in [0, 0.1) is 6.92 Å². The highest BCUT2D eigenvalue weighted by atomic mass is 19.3. The normalized spacial score (nSPS) is 12.2. The zero-order valence-electron chi connectivity index (χ0n) is 15.7. The SMILES string of the molecule is Cc1ccc(-c2cc(C(=O)NC[C@H](O)C(F)F)c(=O)n(-c3cnn(C)c3)n2)cc1. The van der Waals surface area contributed by atoms with E-state index in [1.54, 1.807) is 25.4 Å². The zero-order valence-corrected chi connectivity index (χ0v) is 15.7. The van der Waals surface area contributed by atoms with E-state index >= 15 is 0 Å². The van der Waals surface area contributed by atoms with Crippen LogP contribution in [0.3, 0.4) is 0 Å². The Hall–Kier alpha value is -3.40. The predicted octanol–water partition coefficient (Wildman–Crippen LogP) is 1.30. The summed E-state index contributed by atoms with van der Waals surface area (Å²) in [5.41, 5.74) is 1.34. The molecule has 2 aromatic heterocycles. The summed E-state index contributed by atoms with van der Waals surface area (Å²) in [6.07, 6.45) is -2.08. The van der Waals surface area contributed by atoms with Crippen molar-refractivity contribution in [3.8, 4) is 16.9 Å². The average molecular weight is 403 g/mol. The quantitative estimate of drug-likeness (QED) is 0.646. The molecule has 0 radical (unpaired) electrons. The summed E-state index contributed by atoms with van der Waals surface area (Å²) in [6, 6.07) is 8.59. The number of hydrogen-bond acceptors (Lipinski definition) is 5. The average Bonchev–Trinajstić information content (AvgIpc) is 3.12. The van der Waals surface area contributed by atoms with Gasteiger partial charge < -0.3 is 10.4 Å². The van der Waals surface area contributed by atoms with Crippen LogP contribution in [0.2, 0.25) is 0 Å². The molecule has 0 spiro atoms. The fourth-order valence-electron chi connectivity index (χ4n) is 2.60. The van der Waals surface area contributed by atoms with E-state index in [1.807, 2.05) is 19.1 Å². The molecule has 0 fully saturated rings. The Bertz CT molecular complexity index is 1080. The van der Waals surface area contributed by atoms with Crippen LogP contribution in [-0.2, 0) is 7.05 Å². The van der Waals surface area contributed by atoms with Gasteiger partial charge >= 0.3 is 0 Å². The van der Waals surface area contributed by atoms with Gasteiger partial charge in [0.25, 0.3) is 17.9 Å². The van der Waals surface area contributed by atoms with Crippen LogP contribution in [-0.4, -0.2) is 49.6 Å². The third kappa shape index (κ3) is 4.54. The van der Waals surface area contributed by atoms with Crippen molar-refractivity contribution in [3.63, 3.8) is 0 Å². The number of nitrogens with one attached hydrogen (secondary N) is 1. The molecule has 152 valence electrons. The second kappa shape index (κ2) is 8.31. The maximum Gasteiger partial charge on any atom is 0.284 e. The van der Waals surface area contributed by atoms with Crippen LogP contribution < -0.4 is 10.9 Å². The van der Waals surface area contributed by atoms with Crippen molar-refractivity contribution in [1.82, 2.24) is 24.9 Å². The van der Waals surface area contributed by atoms with E-state index in [-0.39, 0.29) is 5.56 Å². The number of aromatic nitrogens is 4. The molecule has 0 aliphatic carbocycles. The Kier molecular flexibility index (Phi) is 5.83. The van der Waals surface area contributed by atoms with E-state index in [1.165, 1.54) is 16.9 Å². The number of benzene rings is 1. The lowest BCUT2D eigenvalue weighted by Crippen LogP contribution is -2.39. The number of rotatable bonds is 6. The molecule has 1 aromatic carbocycles. The van der Waals surface area contributed by atoms with Crippen LogP contribution in [0.1, 0.15) is 15.9 Å². The fraction of sp³-hybridized carbons (Fsp3) is 0.263. The van der Waals surface area contributed by atoms with Crippen molar-refractivity contribution in [2.75, 3.05) is 6.54 Å². The molecule has 2 N–H and O–H groups in total. The highest BCUT2D eigenvalue weighted by Crippen LogP contribution is 2.18. The summed E-state index contributed by atoms with van der Waals surface area (Å²) in [7, 11) is 1.66. The van der Waals surface area contributed by atoms with Crippen molar-refractivity contribution in [2.45, 2.75) is 19.5 Å². The second-order valence-electron chi connectivity index (χ2n) is 6.51. The number of hydrogen-bond donors (Lipinski definition) is 2. The molecular formula is C19H19F2N5O3. The third-order valence-corrected chi connectivity index (χ3v) is 4.20. The topological polar surface area (TPSA) is 102 Å². The Labute approximate surface area is 164 Å². The highest BCUT2D eigenvalue weighted by molar-refractivity contribution is 5.94. The number of aliphatic hydroxyl groups is 1. The first kappa shape index (κ1) is 20.3. The largest absolute Gasteiger partial charge is 0.385 e. The second-order valence-corrected chi connectivity index (χ2v) is 6.51. The molecule has 2 heterocycles. The molecule has 0 bridgehead atoms. The van der Waals surface area contributed by atoms with Gasteiger partial charge in [0, 0.05) is 19.2 Å². The maximum atomic E-state index is 12.8. The van der Waals surface area contributed by atoms with Crippen molar-refractivity contribution >= 4 is 5.91 Å². The van der Waals surface area contributed by atoms with Gasteiger partial charge in [-0.05, 0) is 13.0 Å². The van der Waals surface area contributed by atoms with E-state index in [0.29, 0.717) is 16.9 Å². The molecule has 8 nitrogen and oxygen atoms in total. The lowest BCUT2D eigenvalue weighted by molar-refractivity contribution is -0.00271. The summed E-state index contributed by atoms with van der Waals surface area (Å²) in [4.78, 5) is 25.3. The molecule has 10 heteroatoms. The van der Waals surface area contributed by atoms with Crippen molar-refractivity contribution in [2.24, 2.45) is 7.05 Å². The summed E-state index contributed by atoms with van der Waals surface area (Å²) in [5.74, 6) is -0.886. The molecule has 0 aliphatic rings. The number of aryl methyl sites for hydroxylation is 2. The molecule has 29 heavy (non-hydrogen) atoms. The molecule has 1 amide bonds. The fourth-order valence-corrected chi connectivity index (χ4v) is 2.60. The first-order valence-electron chi connectivity index (χ1n) is 8.71. The van der Waals surface area contributed by atoms with E-state index in [4.69, 9.17) is 0 Å². The van der Waals surface area contributed by atoms with Gasteiger partial charge in [0.15, 0.2) is 0 Å². The van der Waals surface area contributed by atoms with Crippen molar-refractivity contribution in [1.29, 1.82) is 0 Å². The van der Waals surface area contributed by atoms with Gasteiger partial charge in [0.2, 0.25) is 0 Å². The first-order chi connectivity index (χ1) is 13.8. The van der Waals surface area contributed by atoms with E-state index < -0.39 is 30.5 Å². The van der Waals surface area contributed by atoms with Crippen molar-refractivity contribution in [3.05, 3.63) is 64.2 Å². The third-order valence-electron chi connectivity index (χ3n) is 4.20. The molecule has 3 rings (SSSR count). The van der Waals surface area contributed by atoms with Gasteiger partial charge in [-0.3, -0.25) is 14.3 Å². The van der Waals surface area contributed by atoms with Crippen LogP contribution in [0.5, 0.6) is 0 Å². The molecule has 0 saturated heterocycles. The number of carbonyl (C=O) groups is 1. The van der Waals surface area contributed by atoms with Crippen LogP contribution in [0.25, 0.3) is 16.9 Å². The minimum Gasteiger partial charge on any atom is -0.385 e. The van der Waals surface area contributed by atoms with Gasteiger partial charge in [-0.1, -0.05) is 29.8 Å². The zero-order chi connectivity index (χ0) is 21.1. The molecule has 0 aliphatic heterocycles. The Balaban J connectivity index is 2.06. The van der Waals surface area contributed by atoms with Gasteiger partial charge in [-0.25, -0.2) is 8.78 Å². The molecule has 1 atom stereocenters. The Morgan fingerprint density at radius 2 is 1.97 bits per heavy atom. The molecule has 0 saturated carbocycles. The molecular weight excluding hydrogens is 384 g/mol. The number of carbonyl (C=O) groups excluding carboxylic acids is 1. The number of alkyl halides is 2. The number of amides is 1. The minimum absolute atomic E-state index is 0.291. The summed E-state index contributed by atoms with van der Waals surface area (Å²) in [5, 5.41) is 19.7. The van der Waals surface area contributed by atoms with Gasteiger partial charge in [0.1, 0.15) is 17.4 Å². The summed E-state index contributed by atoms with van der Waals surface area (Å²) < 4.78 is 27.5. The lowest BCUT2D eigenvalue weighted by atomic mass is 10.1. The van der Waals surface area contributed by atoms with Gasteiger partial charge in [0.05, 0.1) is 18.1 Å². The van der Waals surface area contributed by atoms with Gasteiger partial charge in [-0.15, -0.1) is 0 Å². The van der Waals surface area contributed by atoms with Crippen molar-refractivity contribution < 1.29 is 18.7 Å².